The molecule has 2 aromatic carbocycles. The molecule has 12 atom stereocenters. The van der Waals surface area contributed by atoms with Crippen LogP contribution in [0.3, 0.4) is 0 Å². The molecule has 1 unspecified atom stereocenters. The molecule has 3 N–H and O–H groups in total. The standard InChI is InChI=1S/C53H62ClF3N2O5/c1-31(32-9-7-6-8-10-32)58-46(62)59(29-33-11-12-34-26-38(33)47(34,2)3)30-51(63)22-19-44-49(51,5)21-18-43-48(4)20-17-36(60)27-50(48)23-24-52(43,44)39(28-50)45(61)42-16-15-41(64-42)37-25-35(53(55,56)57)13-14-40(37)54/h6-10,13-16,23-25,28,31,33-34,36,38,43-44,60,63H,11-12,17-22,26-27,29-30H2,1-5H3,(H,58,62)/t31-,33+,34+,36?,38+,43-,44-,48-,49+,50+,51-,52-/m1/s1. The van der Waals surface area contributed by atoms with Gasteiger partial charge in [0.2, 0.25) is 5.78 Å². The van der Waals surface area contributed by atoms with Crippen molar-refractivity contribution in [1.82, 2.24) is 10.2 Å². The predicted molar refractivity (Wildman–Crippen MR) is 240 cm³/mol. The van der Waals surface area contributed by atoms with Gasteiger partial charge in [-0.3, -0.25) is 4.79 Å². The van der Waals surface area contributed by atoms with Crippen molar-refractivity contribution in [3.63, 3.8) is 0 Å². The fraction of sp³-hybridized carbons (Fsp3) is 0.585. The lowest BCUT2D eigenvalue weighted by molar-refractivity contribution is -0.176. The molecule has 12 rings (SSSR count). The number of halogens is 4. The molecule has 64 heavy (non-hydrogen) atoms. The van der Waals surface area contributed by atoms with Crippen LogP contribution in [0.15, 0.2) is 88.9 Å². The van der Waals surface area contributed by atoms with Gasteiger partial charge < -0.3 is 24.8 Å². The largest absolute Gasteiger partial charge is 0.453 e. The third-order valence-corrected chi connectivity index (χ3v) is 19.5. The van der Waals surface area contributed by atoms with Crippen molar-refractivity contribution >= 4 is 23.4 Å². The van der Waals surface area contributed by atoms with Crippen LogP contribution in [0.25, 0.3) is 11.3 Å². The van der Waals surface area contributed by atoms with Gasteiger partial charge in [-0.2, -0.15) is 13.2 Å². The number of nitrogens with one attached hydrogen (secondary N) is 1. The number of carbonyl (C=O) groups is 2. The minimum Gasteiger partial charge on any atom is -0.453 e. The van der Waals surface area contributed by atoms with E-state index in [1.807, 2.05) is 42.2 Å². The van der Waals surface area contributed by atoms with E-state index in [0.717, 1.165) is 43.4 Å². The van der Waals surface area contributed by atoms with E-state index in [1.165, 1.54) is 24.6 Å². The highest BCUT2D eigenvalue weighted by Crippen LogP contribution is 2.78. The Hall–Kier alpha value is -3.86. The summed E-state index contributed by atoms with van der Waals surface area (Å²) in [6.07, 6.45) is 9.26. The number of aliphatic hydroxyl groups excluding tert-OH is 1. The second kappa shape index (κ2) is 14.8. The van der Waals surface area contributed by atoms with Crippen molar-refractivity contribution in [1.29, 1.82) is 0 Å². The number of amides is 2. The highest BCUT2D eigenvalue weighted by molar-refractivity contribution is 6.33. The minimum absolute atomic E-state index is 0.00261. The maximum atomic E-state index is 15.3. The molecule has 342 valence electrons. The summed E-state index contributed by atoms with van der Waals surface area (Å²) >= 11 is 6.44. The molecular formula is C53H62ClF3N2O5. The van der Waals surface area contributed by atoms with Crippen molar-refractivity contribution in [2.75, 3.05) is 13.1 Å². The molecule has 2 spiro atoms. The van der Waals surface area contributed by atoms with Crippen LogP contribution in [0.4, 0.5) is 18.0 Å². The van der Waals surface area contributed by atoms with Crippen molar-refractivity contribution in [3.8, 4) is 11.3 Å². The lowest BCUT2D eigenvalue weighted by atomic mass is 9.32. The number of aliphatic hydroxyl groups is 2. The molecule has 4 bridgehead atoms. The first kappa shape index (κ1) is 44.0. The molecule has 9 aliphatic carbocycles. The molecule has 3 aromatic rings. The normalized spacial score (nSPS) is 38.3. The third-order valence-electron chi connectivity index (χ3n) is 19.2. The van der Waals surface area contributed by atoms with Gasteiger partial charge in [-0.05, 0) is 147 Å². The van der Waals surface area contributed by atoms with Gasteiger partial charge in [0.1, 0.15) is 5.76 Å². The van der Waals surface area contributed by atoms with Crippen LogP contribution in [0, 0.1) is 56.7 Å². The van der Waals surface area contributed by atoms with Crippen LogP contribution in [-0.4, -0.2) is 51.7 Å². The van der Waals surface area contributed by atoms with Gasteiger partial charge in [-0.1, -0.05) is 87.9 Å². The minimum atomic E-state index is -4.60. The molecule has 0 radical (unpaired) electrons. The zero-order valence-corrected chi connectivity index (χ0v) is 38.4. The summed E-state index contributed by atoms with van der Waals surface area (Å²) in [5.74, 6) is 1.09. The molecule has 9 aliphatic rings. The number of hydrogen-bond donors (Lipinski definition) is 3. The Balaban J connectivity index is 1.01. The number of alkyl halides is 3. The Labute approximate surface area is 379 Å². The number of allylic oxidation sites excluding steroid dienone is 4. The van der Waals surface area contributed by atoms with Crippen molar-refractivity contribution in [3.05, 3.63) is 106 Å². The molecule has 11 heteroatoms. The van der Waals surface area contributed by atoms with E-state index >= 15 is 4.79 Å². The van der Waals surface area contributed by atoms with Crippen LogP contribution in [0.5, 0.6) is 0 Å². The van der Waals surface area contributed by atoms with Gasteiger partial charge in [0.15, 0.2) is 5.76 Å². The molecular weight excluding hydrogens is 837 g/mol. The second-order valence-electron chi connectivity index (χ2n) is 22.2. The number of furan rings is 1. The fourth-order valence-electron chi connectivity index (χ4n) is 15.3. The van der Waals surface area contributed by atoms with E-state index < -0.39 is 39.7 Å². The number of benzene rings is 2. The maximum Gasteiger partial charge on any atom is 0.416 e. The Morgan fingerprint density at radius 3 is 2.36 bits per heavy atom. The molecule has 1 heterocycles. The van der Waals surface area contributed by atoms with Gasteiger partial charge in [0, 0.05) is 33.9 Å². The maximum absolute atomic E-state index is 15.3. The van der Waals surface area contributed by atoms with Gasteiger partial charge in [0.05, 0.1) is 34.9 Å². The zero-order chi connectivity index (χ0) is 45.4. The molecule has 7 nitrogen and oxygen atoms in total. The highest BCUT2D eigenvalue weighted by Gasteiger charge is 2.75. The van der Waals surface area contributed by atoms with E-state index in [1.54, 1.807) is 0 Å². The Morgan fingerprint density at radius 1 is 0.922 bits per heavy atom. The Kier molecular flexibility index (Phi) is 10.2. The van der Waals surface area contributed by atoms with Crippen molar-refractivity contribution in [2.24, 2.45) is 56.7 Å². The number of ketones is 1. The highest BCUT2D eigenvalue weighted by atomic mass is 35.5. The number of urea groups is 1. The summed E-state index contributed by atoms with van der Waals surface area (Å²) in [6.45, 7) is 12.0. The first-order chi connectivity index (χ1) is 30.2. The number of fused-ring (bicyclic) bond motifs is 3. The van der Waals surface area contributed by atoms with E-state index in [2.05, 4.69) is 51.2 Å². The van der Waals surface area contributed by atoms with Gasteiger partial charge in [-0.15, -0.1) is 0 Å². The molecule has 0 saturated heterocycles. The van der Waals surface area contributed by atoms with Crippen LogP contribution < -0.4 is 5.32 Å². The predicted octanol–water partition coefficient (Wildman–Crippen LogP) is 12.2. The summed E-state index contributed by atoms with van der Waals surface area (Å²) in [5, 5.41) is 28.0. The van der Waals surface area contributed by atoms with Crippen molar-refractivity contribution in [2.45, 2.75) is 123 Å². The van der Waals surface area contributed by atoms with E-state index in [9.17, 15) is 28.2 Å². The van der Waals surface area contributed by atoms with Gasteiger partial charge >= 0.3 is 12.2 Å². The molecule has 0 aliphatic heterocycles. The summed E-state index contributed by atoms with van der Waals surface area (Å²) in [4.78, 5) is 31.9. The van der Waals surface area contributed by atoms with Crippen LogP contribution in [0.1, 0.15) is 127 Å². The molecule has 1 aromatic heterocycles. The van der Waals surface area contributed by atoms with E-state index in [-0.39, 0.29) is 69.2 Å². The van der Waals surface area contributed by atoms with Crippen LogP contribution in [-0.2, 0) is 6.18 Å². The number of Topliss-reactive ketones (excluding diaryl/α,β-unsaturated/α-hetero) is 1. The monoisotopic (exact) mass is 898 g/mol. The number of rotatable bonds is 9. The summed E-state index contributed by atoms with van der Waals surface area (Å²) < 4.78 is 47.6. The van der Waals surface area contributed by atoms with E-state index in [4.69, 9.17) is 16.0 Å². The lowest BCUT2D eigenvalue weighted by Gasteiger charge is -2.71. The first-order valence-corrected chi connectivity index (χ1v) is 24.0. The lowest BCUT2D eigenvalue weighted by Crippen LogP contribution is -2.67. The van der Waals surface area contributed by atoms with Crippen LogP contribution in [0.2, 0.25) is 5.02 Å². The van der Waals surface area contributed by atoms with Gasteiger partial charge in [-0.25, -0.2) is 4.79 Å². The SMILES string of the molecule is C[C@@H](NC(=O)N(C[C@@H]1CC[C@H]2C[C@@H]1C2(C)C)C[C@]1(O)CC[C@H]2[C@]34C=C[C@@]5(C=C3C(=O)c3ccc(-c6cc(C(F)(F)F)ccc6Cl)o3)CC(O)CC[C@]5(C)[C@H]4CC[C@@]21C)c1ccccc1. The molecule has 6 fully saturated rings. The topological polar surface area (TPSA) is 103 Å². The van der Waals surface area contributed by atoms with Crippen molar-refractivity contribution < 1.29 is 37.4 Å². The Bertz CT molecular complexity index is 2430. The summed E-state index contributed by atoms with van der Waals surface area (Å²) in [5.41, 5.74) is -2.69. The number of hydrogen-bond acceptors (Lipinski definition) is 5. The van der Waals surface area contributed by atoms with E-state index in [0.29, 0.717) is 62.0 Å². The van der Waals surface area contributed by atoms with Gasteiger partial charge in [0.25, 0.3) is 0 Å². The molecule has 2 amide bonds. The number of nitrogens with zero attached hydrogens (tertiary/aromatic N) is 1. The zero-order valence-electron chi connectivity index (χ0n) is 37.6. The summed E-state index contributed by atoms with van der Waals surface area (Å²) in [7, 11) is 0. The number of carbonyl (C=O) groups excluding carboxylic acids is 2. The second-order valence-corrected chi connectivity index (χ2v) is 22.6. The average Bonchev–Trinajstić information content (AvgIpc) is 3.85. The Morgan fingerprint density at radius 2 is 1.64 bits per heavy atom. The third kappa shape index (κ3) is 6.33. The molecule has 6 saturated carbocycles. The fourth-order valence-corrected chi connectivity index (χ4v) is 15.5. The smallest absolute Gasteiger partial charge is 0.416 e. The first-order valence-electron chi connectivity index (χ1n) is 23.6. The van der Waals surface area contributed by atoms with Crippen LogP contribution >= 0.6 is 11.6 Å². The summed E-state index contributed by atoms with van der Waals surface area (Å²) in [6, 6.07) is 15.6. The quantitative estimate of drug-likeness (QED) is 0.147. The average molecular weight is 900 g/mol.